The van der Waals surface area contributed by atoms with Crippen molar-refractivity contribution >= 4 is 18.3 Å². The molecule has 0 atom stereocenters. The van der Waals surface area contributed by atoms with Gasteiger partial charge in [-0.05, 0) is 64.1 Å². The second-order valence-electron chi connectivity index (χ2n) is 9.26. The summed E-state index contributed by atoms with van der Waals surface area (Å²) >= 11 is 0. The Labute approximate surface area is 159 Å². The first-order chi connectivity index (χ1) is 12.3. The number of hydrogen-bond acceptors (Lipinski definition) is 4. The van der Waals surface area contributed by atoms with Crippen molar-refractivity contribution in [1.29, 1.82) is 0 Å². The maximum absolute atomic E-state index is 6.16. The first-order valence-corrected chi connectivity index (χ1v) is 10.3. The molecular weight excluding hydrogens is 323 g/mol. The Kier molecular flexibility index (Phi) is 4.83. The fraction of sp³-hybridized carbons (Fsp3) is 0.714. The Hall–Kier alpha value is -1.04. The summed E-state index contributed by atoms with van der Waals surface area (Å²) in [7, 11) is -0.270. The predicted molar refractivity (Wildman–Crippen MR) is 108 cm³/mol. The monoisotopic (exact) mass is 356 g/mol. The van der Waals surface area contributed by atoms with Gasteiger partial charge in [-0.1, -0.05) is 18.6 Å². The van der Waals surface area contributed by atoms with Gasteiger partial charge in [0.25, 0.3) is 0 Å². The molecule has 0 spiro atoms. The summed E-state index contributed by atoms with van der Waals surface area (Å²) in [6.45, 7) is 14.4. The Balaban J connectivity index is 1.34. The Bertz CT molecular complexity index is 603. The van der Waals surface area contributed by atoms with Crippen LogP contribution < -0.4 is 10.4 Å². The molecule has 1 aliphatic carbocycles. The third-order valence-corrected chi connectivity index (χ3v) is 6.90. The Morgan fingerprint density at radius 2 is 1.50 bits per heavy atom. The van der Waals surface area contributed by atoms with Crippen molar-refractivity contribution in [3.63, 3.8) is 0 Å². The second kappa shape index (κ2) is 6.85. The van der Waals surface area contributed by atoms with Gasteiger partial charge in [-0.15, -0.1) is 0 Å². The van der Waals surface area contributed by atoms with Crippen LogP contribution in [0.25, 0.3) is 0 Å². The van der Waals surface area contributed by atoms with E-state index in [0.717, 1.165) is 24.5 Å². The van der Waals surface area contributed by atoms with Gasteiger partial charge in [0.1, 0.15) is 0 Å². The van der Waals surface area contributed by atoms with Crippen molar-refractivity contribution in [3.8, 4) is 0 Å². The zero-order valence-corrected chi connectivity index (χ0v) is 16.8. The smallest absolute Gasteiger partial charge is 0.399 e. The molecule has 2 saturated heterocycles. The molecule has 3 aliphatic rings. The molecule has 1 aromatic carbocycles. The van der Waals surface area contributed by atoms with Crippen molar-refractivity contribution in [2.45, 2.75) is 58.2 Å². The standard InChI is InChI=1S/C21H33BN2O2/c1-20(2)21(3,4)26-22(25-20)18-8-10-19(11-9-18)24-14-12-23(13-15-24)16-17-6-5-7-17/h8-11,17H,5-7,12-16H2,1-4H3. The molecule has 2 aliphatic heterocycles. The fourth-order valence-electron chi connectivity index (χ4n) is 4.05. The van der Waals surface area contributed by atoms with E-state index in [0.29, 0.717) is 0 Å². The van der Waals surface area contributed by atoms with Crippen LogP contribution in [0.2, 0.25) is 0 Å². The molecule has 0 radical (unpaired) electrons. The largest absolute Gasteiger partial charge is 0.494 e. The minimum Gasteiger partial charge on any atom is -0.399 e. The van der Waals surface area contributed by atoms with E-state index in [1.54, 1.807) is 0 Å². The highest BCUT2D eigenvalue weighted by Crippen LogP contribution is 2.36. The lowest BCUT2D eigenvalue weighted by molar-refractivity contribution is 0.00578. The van der Waals surface area contributed by atoms with Crippen LogP contribution in [-0.2, 0) is 9.31 Å². The van der Waals surface area contributed by atoms with Gasteiger partial charge in [0.05, 0.1) is 11.2 Å². The number of rotatable bonds is 4. The molecule has 5 heteroatoms. The van der Waals surface area contributed by atoms with Gasteiger partial charge < -0.3 is 14.2 Å². The summed E-state index contributed by atoms with van der Waals surface area (Å²) < 4.78 is 12.3. The molecule has 0 unspecified atom stereocenters. The average Bonchev–Trinajstić information content (AvgIpc) is 2.80. The van der Waals surface area contributed by atoms with Crippen LogP contribution >= 0.6 is 0 Å². The average molecular weight is 356 g/mol. The number of nitrogens with zero attached hydrogens (tertiary/aromatic N) is 2. The van der Waals surface area contributed by atoms with Gasteiger partial charge >= 0.3 is 7.12 Å². The zero-order chi connectivity index (χ0) is 18.4. The Morgan fingerprint density at radius 1 is 0.923 bits per heavy atom. The molecule has 1 aromatic rings. The maximum Gasteiger partial charge on any atom is 0.494 e. The van der Waals surface area contributed by atoms with Crippen LogP contribution in [0.3, 0.4) is 0 Å². The van der Waals surface area contributed by atoms with E-state index in [4.69, 9.17) is 9.31 Å². The van der Waals surface area contributed by atoms with Gasteiger partial charge in [0, 0.05) is 38.4 Å². The normalized spacial score (nSPS) is 26.2. The maximum atomic E-state index is 6.16. The van der Waals surface area contributed by atoms with E-state index in [9.17, 15) is 0 Å². The van der Waals surface area contributed by atoms with E-state index in [2.05, 4.69) is 61.8 Å². The number of hydrogen-bond donors (Lipinski definition) is 0. The predicted octanol–water partition coefficient (Wildman–Crippen LogP) is 2.91. The Morgan fingerprint density at radius 3 is 2.00 bits per heavy atom. The molecule has 3 fully saturated rings. The highest BCUT2D eigenvalue weighted by Gasteiger charge is 2.51. The second-order valence-corrected chi connectivity index (χ2v) is 9.26. The number of piperazine rings is 1. The summed E-state index contributed by atoms with van der Waals surface area (Å²) in [5.41, 5.74) is 1.85. The van der Waals surface area contributed by atoms with Gasteiger partial charge in [-0.2, -0.15) is 0 Å². The van der Waals surface area contributed by atoms with E-state index < -0.39 is 0 Å². The van der Waals surface area contributed by atoms with E-state index in [1.807, 2.05) is 0 Å². The SMILES string of the molecule is CC1(C)OB(c2ccc(N3CCN(CC4CCC4)CC3)cc2)OC1(C)C. The van der Waals surface area contributed by atoms with Crippen LogP contribution in [0.4, 0.5) is 5.69 Å². The van der Waals surface area contributed by atoms with Crippen LogP contribution in [0.15, 0.2) is 24.3 Å². The number of anilines is 1. The fourth-order valence-corrected chi connectivity index (χ4v) is 4.05. The first-order valence-electron chi connectivity index (χ1n) is 10.3. The summed E-state index contributed by atoms with van der Waals surface area (Å²) in [4.78, 5) is 5.16. The van der Waals surface area contributed by atoms with Crippen molar-refractivity contribution in [3.05, 3.63) is 24.3 Å². The third kappa shape index (κ3) is 3.54. The molecular formula is C21H33BN2O2. The lowest BCUT2D eigenvalue weighted by atomic mass is 9.79. The van der Waals surface area contributed by atoms with Crippen LogP contribution in [-0.4, -0.2) is 55.9 Å². The van der Waals surface area contributed by atoms with Crippen LogP contribution in [0, 0.1) is 5.92 Å². The summed E-state index contributed by atoms with van der Waals surface area (Å²) in [5, 5.41) is 0. The van der Waals surface area contributed by atoms with Crippen LogP contribution in [0.1, 0.15) is 47.0 Å². The first kappa shape index (κ1) is 18.3. The van der Waals surface area contributed by atoms with Gasteiger partial charge in [-0.3, -0.25) is 4.90 Å². The minimum atomic E-state index is -0.285. The highest BCUT2D eigenvalue weighted by atomic mass is 16.7. The van der Waals surface area contributed by atoms with Gasteiger partial charge in [-0.25, -0.2) is 0 Å². The van der Waals surface area contributed by atoms with Crippen molar-refractivity contribution in [2.75, 3.05) is 37.6 Å². The molecule has 2 heterocycles. The molecule has 142 valence electrons. The molecule has 4 nitrogen and oxygen atoms in total. The molecule has 0 aromatic heterocycles. The highest BCUT2D eigenvalue weighted by molar-refractivity contribution is 6.62. The van der Waals surface area contributed by atoms with E-state index >= 15 is 0 Å². The molecule has 0 amide bonds. The van der Waals surface area contributed by atoms with Gasteiger partial charge in [0.15, 0.2) is 0 Å². The molecule has 0 bridgehead atoms. The lowest BCUT2D eigenvalue weighted by Crippen LogP contribution is -2.48. The molecule has 4 rings (SSSR count). The molecule has 0 N–H and O–H groups in total. The molecule has 1 saturated carbocycles. The quantitative estimate of drug-likeness (QED) is 0.775. The zero-order valence-electron chi connectivity index (χ0n) is 16.8. The topological polar surface area (TPSA) is 24.9 Å². The third-order valence-electron chi connectivity index (χ3n) is 6.90. The lowest BCUT2D eigenvalue weighted by Gasteiger charge is -2.39. The van der Waals surface area contributed by atoms with Crippen molar-refractivity contribution in [1.82, 2.24) is 4.90 Å². The summed E-state index contributed by atoms with van der Waals surface area (Å²) in [6.07, 6.45) is 4.33. The van der Waals surface area contributed by atoms with Gasteiger partial charge in [0.2, 0.25) is 0 Å². The summed E-state index contributed by atoms with van der Waals surface area (Å²) in [6, 6.07) is 8.78. The van der Waals surface area contributed by atoms with E-state index in [-0.39, 0.29) is 18.3 Å². The van der Waals surface area contributed by atoms with Crippen LogP contribution in [0.5, 0.6) is 0 Å². The minimum absolute atomic E-state index is 0.270. The summed E-state index contributed by atoms with van der Waals surface area (Å²) in [5.74, 6) is 0.973. The van der Waals surface area contributed by atoms with Crippen molar-refractivity contribution in [2.24, 2.45) is 5.92 Å². The van der Waals surface area contributed by atoms with Crippen molar-refractivity contribution < 1.29 is 9.31 Å². The van der Waals surface area contributed by atoms with E-state index in [1.165, 1.54) is 44.6 Å². The number of benzene rings is 1. The molecule has 26 heavy (non-hydrogen) atoms.